The van der Waals surface area contributed by atoms with Crippen LogP contribution in [0.5, 0.6) is 11.5 Å². The standard InChI is InChI=1S/C11H15NO2/c1-7-4-10(13-2)11(14-3)5-8(7)9-6-12-9/h4-5,9,12H,6H2,1-3H3/t9-/m1/s1. The van der Waals surface area contributed by atoms with Gasteiger partial charge in [0.25, 0.3) is 0 Å². The highest BCUT2D eigenvalue weighted by Crippen LogP contribution is 2.35. The quantitative estimate of drug-likeness (QED) is 0.742. The molecule has 1 saturated heterocycles. The van der Waals surface area contributed by atoms with Crippen molar-refractivity contribution in [2.75, 3.05) is 20.8 Å². The van der Waals surface area contributed by atoms with Gasteiger partial charge >= 0.3 is 0 Å². The molecule has 1 N–H and O–H groups in total. The van der Waals surface area contributed by atoms with Crippen molar-refractivity contribution in [2.45, 2.75) is 13.0 Å². The molecule has 0 aliphatic carbocycles. The van der Waals surface area contributed by atoms with Crippen LogP contribution in [0, 0.1) is 6.92 Å². The Morgan fingerprint density at radius 2 is 1.79 bits per heavy atom. The second kappa shape index (κ2) is 3.50. The van der Waals surface area contributed by atoms with Crippen LogP contribution in [0.1, 0.15) is 17.2 Å². The largest absolute Gasteiger partial charge is 0.493 e. The lowest BCUT2D eigenvalue weighted by Gasteiger charge is -2.11. The third-order valence-electron chi connectivity index (χ3n) is 2.56. The van der Waals surface area contributed by atoms with E-state index in [1.165, 1.54) is 11.1 Å². The normalized spacial score (nSPS) is 19.2. The Kier molecular flexibility index (Phi) is 2.33. The van der Waals surface area contributed by atoms with E-state index in [1.807, 2.05) is 6.07 Å². The zero-order valence-corrected chi connectivity index (χ0v) is 8.76. The molecule has 1 aliphatic heterocycles. The predicted molar refractivity (Wildman–Crippen MR) is 55.0 cm³/mol. The fourth-order valence-electron chi connectivity index (χ4n) is 1.65. The molecule has 0 aromatic heterocycles. The Morgan fingerprint density at radius 1 is 1.21 bits per heavy atom. The Balaban J connectivity index is 2.42. The van der Waals surface area contributed by atoms with Crippen molar-refractivity contribution in [2.24, 2.45) is 0 Å². The number of rotatable bonds is 3. The van der Waals surface area contributed by atoms with Gasteiger partial charge in [-0.1, -0.05) is 0 Å². The Labute approximate surface area is 84.0 Å². The van der Waals surface area contributed by atoms with Crippen LogP contribution in [0.2, 0.25) is 0 Å². The molecule has 2 rings (SSSR count). The molecule has 3 nitrogen and oxygen atoms in total. The highest BCUT2D eigenvalue weighted by Gasteiger charge is 2.25. The highest BCUT2D eigenvalue weighted by atomic mass is 16.5. The lowest BCUT2D eigenvalue weighted by Crippen LogP contribution is -1.96. The molecule has 14 heavy (non-hydrogen) atoms. The molecule has 0 bridgehead atoms. The van der Waals surface area contributed by atoms with Crippen LogP contribution in [0.15, 0.2) is 12.1 Å². The molecule has 1 aromatic rings. The average molecular weight is 193 g/mol. The van der Waals surface area contributed by atoms with Gasteiger partial charge in [-0.15, -0.1) is 0 Å². The summed E-state index contributed by atoms with van der Waals surface area (Å²) in [5.74, 6) is 1.61. The van der Waals surface area contributed by atoms with Gasteiger partial charge in [-0.3, -0.25) is 0 Å². The molecule has 3 heteroatoms. The highest BCUT2D eigenvalue weighted by molar-refractivity contribution is 5.49. The van der Waals surface area contributed by atoms with Crippen molar-refractivity contribution in [1.82, 2.24) is 5.32 Å². The SMILES string of the molecule is COc1cc(C)c([C@H]2CN2)cc1OC. The van der Waals surface area contributed by atoms with Crippen LogP contribution in [0.3, 0.4) is 0 Å². The first-order chi connectivity index (χ1) is 6.76. The Bertz CT molecular complexity index is 345. The van der Waals surface area contributed by atoms with Crippen molar-refractivity contribution in [3.8, 4) is 11.5 Å². The van der Waals surface area contributed by atoms with Gasteiger partial charge in [-0.25, -0.2) is 0 Å². The van der Waals surface area contributed by atoms with Gasteiger partial charge in [0.05, 0.1) is 14.2 Å². The first-order valence-corrected chi connectivity index (χ1v) is 4.72. The zero-order chi connectivity index (χ0) is 10.1. The molecule has 0 radical (unpaired) electrons. The number of hydrogen-bond acceptors (Lipinski definition) is 3. The summed E-state index contributed by atoms with van der Waals surface area (Å²) in [7, 11) is 3.32. The second-order valence-electron chi connectivity index (χ2n) is 3.52. The number of hydrogen-bond donors (Lipinski definition) is 1. The van der Waals surface area contributed by atoms with Crippen LogP contribution >= 0.6 is 0 Å². The summed E-state index contributed by atoms with van der Waals surface area (Å²) in [6.07, 6.45) is 0. The minimum atomic E-state index is 0.509. The Hall–Kier alpha value is -1.22. The van der Waals surface area contributed by atoms with Crippen molar-refractivity contribution >= 4 is 0 Å². The van der Waals surface area contributed by atoms with Crippen molar-refractivity contribution in [1.29, 1.82) is 0 Å². The summed E-state index contributed by atoms with van der Waals surface area (Å²) >= 11 is 0. The van der Waals surface area contributed by atoms with Crippen molar-refractivity contribution in [3.05, 3.63) is 23.3 Å². The summed E-state index contributed by atoms with van der Waals surface area (Å²) in [6.45, 7) is 3.16. The Morgan fingerprint density at radius 3 is 2.29 bits per heavy atom. The summed E-state index contributed by atoms with van der Waals surface area (Å²) < 4.78 is 10.5. The van der Waals surface area contributed by atoms with Gasteiger partial charge in [0.1, 0.15) is 0 Å². The molecule has 1 atom stereocenters. The molecule has 1 aliphatic rings. The van der Waals surface area contributed by atoms with E-state index in [0.717, 1.165) is 18.0 Å². The van der Waals surface area contributed by atoms with Crippen LogP contribution < -0.4 is 14.8 Å². The first-order valence-electron chi connectivity index (χ1n) is 4.72. The van der Waals surface area contributed by atoms with Gasteiger partial charge in [0.15, 0.2) is 11.5 Å². The molecular weight excluding hydrogens is 178 g/mol. The molecular formula is C11H15NO2. The van der Waals surface area contributed by atoms with Gasteiger partial charge < -0.3 is 14.8 Å². The first kappa shape index (κ1) is 9.34. The maximum atomic E-state index is 5.26. The summed E-state index contributed by atoms with van der Waals surface area (Å²) in [6, 6.07) is 4.59. The second-order valence-corrected chi connectivity index (χ2v) is 3.52. The number of nitrogens with one attached hydrogen (secondary N) is 1. The molecule has 1 heterocycles. The smallest absolute Gasteiger partial charge is 0.161 e. The minimum absolute atomic E-state index is 0.509. The summed E-state index contributed by atoms with van der Waals surface area (Å²) in [4.78, 5) is 0. The van der Waals surface area contributed by atoms with Crippen LogP contribution in [0.25, 0.3) is 0 Å². The van der Waals surface area contributed by atoms with Gasteiger partial charge in [-0.2, -0.15) is 0 Å². The van der Waals surface area contributed by atoms with Gasteiger partial charge in [0, 0.05) is 12.6 Å². The number of aryl methyl sites for hydroxylation is 1. The summed E-state index contributed by atoms with van der Waals surface area (Å²) in [5.41, 5.74) is 2.56. The zero-order valence-electron chi connectivity index (χ0n) is 8.76. The van der Waals surface area contributed by atoms with E-state index < -0.39 is 0 Å². The molecule has 1 fully saturated rings. The minimum Gasteiger partial charge on any atom is -0.493 e. The maximum absolute atomic E-state index is 5.26. The maximum Gasteiger partial charge on any atom is 0.161 e. The molecule has 1 aromatic carbocycles. The van der Waals surface area contributed by atoms with E-state index in [-0.39, 0.29) is 0 Å². The third-order valence-corrected chi connectivity index (χ3v) is 2.56. The lowest BCUT2D eigenvalue weighted by atomic mass is 10.0. The fourth-order valence-corrected chi connectivity index (χ4v) is 1.65. The monoisotopic (exact) mass is 193 g/mol. The van der Waals surface area contributed by atoms with Crippen molar-refractivity contribution in [3.63, 3.8) is 0 Å². The molecule has 0 amide bonds. The number of ether oxygens (including phenoxy) is 2. The summed E-state index contributed by atoms with van der Waals surface area (Å²) in [5, 5.41) is 3.28. The van der Waals surface area contributed by atoms with E-state index in [0.29, 0.717) is 6.04 Å². The van der Waals surface area contributed by atoms with E-state index >= 15 is 0 Å². The number of benzene rings is 1. The van der Waals surface area contributed by atoms with Gasteiger partial charge in [0.2, 0.25) is 0 Å². The average Bonchev–Trinajstić information content (AvgIpc) is 3.01. The third kappa shape index (κ3) is 1.55. The lowest BCUT2D eigenvalue weighted by molar-refractivity contribution is 0.354. The van der Waals surface area contributed by atoms with Gasteiger partial charge in [-0.05, 0) is 30.2 Å². The topological polar surface area (TPSA) is 40.4 Å². The molecule has 0 spiro atoms. The fraction of sp³-hybridized carbons (Fsp3) is 0.455. The van der Waals surface area contributed by atoms with E-state index in [9.17, 15) is 0 Å². The number of methoxy groups -OCH3 is 2. The van der Waals surface area contributed by atoms with E-state index in [4.69, 9.17) is 9.47 Å². The molecule has 0 saturated carbocycles. The van der Waals surface area contributed by atoms with E-state index in [1.54, 1.807) is 14.2 Å². The van der Waals surface area contributed by atoms with Crippen LogP contribution in [-0.4, -0.2) is 20.8 Å². The van der Waals surface area contributed by atoms with Crippen molar-refractivity contribution < 1.29 is 9.47 Å². The molecule has 0 unspecified atom stereocenters. The molecule has 76 valence electrons. The predicted octanol–water partition coefficient (Wildman–Crippen LogP) is 1.66. The van der Waals surface area contributed by atoms with Crippen LogP contribution in [-0.2, 0) is 0 Å². The van der Waals surface area contributed by atoms with E-state index in [2.05, 4.69) is 18.3 Å². The van der Waals surface area contributed by atoms with Crippen LogP contribution in [0.4, 0.5) is 0 Å².